The van der Waals surface area contributed by atoms with Crippen molar-refractivity contribution in [2.75, 3.05) is 0 Å². The number of hydrogen-bond donors (Lipinski definition) is 0. The van der Waals surface area contributed by atoms with Crippen LogP contribution in [0.1, 0.15) is 73.8 Å². The van der Waals surface area contributed by atoms with E-state index in [1.165, 1.54) is 43.2 Å². The van der Waals surface area contributed by atoms with Gasteiger partial charge in [-0.2, -0.15) is 0 Å². The summed E-state index contributed by atoms with van der Waals surface area (Å²) in [5, 5.41) is 8.83. The normalized spacial score (nSPS) is 14.8. The van der Waals surface area contributed by atoms with Crippen LogP contribution in [0.3, 0.4) is 0 Å². The summed E-state index contributed by atoms with van der Waals surface area (Å²) in [4.78, 5) is 12.5. The standard InChI is InChI=1S/C23H33N3O/c1-4-26-22(11-9-19-7-5-6-8-19)24-25-23(26)12-10-21(27)16-20-14-17(2)13-18(3)15-20/h13-15,19H,4-12,16H2,1-3H3. The topological polar surface area (TPSA) is 47.8 Å². The molecule has 0 unspecified atom stereocenters. The van der Waals surface area contributed by atoms with Crippen LogP contribution in [0.5, 0.6) is 0 Å². The van der Waals surface area contributed by atoms with Crippen LogP contribution in [-0.2, 0) is 30.6 Å². The van der Waals surface area contributed by atoms with Gasteiger partial charge in [-0.15, -0.1) is 10.2 Å². The maximum Gasteiger partial charge on any atom is 0.137 e. The van der Waals surface area contributed by atoms with Crippen LogP contribution in [0, 0.1) is 19.8 Å². The van der Waals surface area contributed by atoms with Crippen molar-refractivity contribution in [2.45, 2.75) is 85.1 Å². The molecule has 1 aromatic heterocycles. The fourth-order valence-electron chi connectivity index (χ4n) is 4.48. The van der Waals surface area contributed by atoms with E-state index >= 15 is 0 Å². The van der Waals surface area contributed by atoms with Gasteiger partial charge in [-0.05, 0) is 38.7 Å². The lowest BCUT2D eigenvalue weighted by Crippen LogP contribution is -2.11. The molecule has 0 atom stereocenters. The number of ketones is 1. The Morgan fingerprint density at radius 2 is 1.67 bits per heavy atom. The SMILES string of the molecule is CCn1c(CCC(=O)Cc2cc(C)cc(C)c2)nnc1CCC1CCCC1. The van der Waals surface area contributed by atoms with Crippen LogP contribution < -0.4 is 0 Å². The van der Waals surface area contributed by atoms with Crippen molar-refractivity contribution in [3.63, 3.8) is 0 Å². The summed E-state index contributed by atoms with van der Waals surface area (Å²) in [5.41, 5.74) is 3.55. The summed E-state index contributed by atoms with van der Waals surface area (Å²) in [5.74, 6) is 3.21. The molecule has 27 heavy (non-hydrogen) atoms. The smallest absolute Gasteiger partial charge is 0.137 e. The number of Topliss-reactive ketones (excluding diaryl/α,β-unsaturated/α-hetero) is 1. The molecular formula is C23H33N3O. The van der Waals surface area contributed by atoms with E-state index in [1.807, 2.05) is 0 Å². The first-order valence-corrected chi connectivity index (χ1v) is 10.5. The third kappa shape index (κ3) is 5.50. The van der Waals surface area contributed by atoms with Gasteiger partial charge in [0.15, 0.2) is 0 Å². The number of aryl methyl sites for hydroxylation is 4. The maximum absolute atomic E-state index is 12.5. The Labute approximate surface area is 163 Å². The molecule has 0 N–H and O–H groups in total. The highest BCUT2D eigenvalue weighted by molar-refractivity contribution is 5.81. The Morgan fingerprint density at radius 1 is 1.04 bits per heavy atom. The van der Waals surface area contributed by atoms with Gasteiger partial charge in [0.05, 0.1) is 0 Å². The minimum Gasteiger partial charge on any atom is -0.315 e. The minimum atomic E-state index is 0.276. The lowest BCUT2D eigenvalue weighted by Gasteiger charge is -2.10. The van der Waals surface area contributed by atoms with E-state index in [0.717, 1.165) is 36.1 Å². The number of aromatic nitrogens is 3. The first kappa shape index (κ1) is 19.8. The number of carbonyl (C=O) groups excluding carboxylic acids is 1. The predicted molar refractivity (Wildman–Crippen MR) is 109 cm³/mol. The number of rotatable bonds is 9. The van der Waals surface area contributed by atoms with Crippen LogP contribution in [0.25, 0.3) is 0 Å². The second kappa shape index (κ2) is 9.29. The Kier molecular flexibility index (Phi) is 6.81. The molecule has 3 rings (SSSR count). The number of carbonyl (C=O) groups is 1. The Bertz CT molecular complexity index is 752. The summed E-state index contributed by atoms with van der Waals surface area (Å²) in [6.45, 7) is 7.19. The second-order valence-electron chi connectivity index (χ2n) is 8.18. The lowest BCUT2D eigenvalue weighted by atomic mass is 10.0. The van der Waals surface area contributed by atoms with Crippen LogP contribution in [-0.4, -0.2) is 20.5 Å². The first-order valence-electron chi connectivity index (χ1n) is 10.5. The van der Waals surface area contributed by atoms with Crippen molar-refractivity contribution in [1.82, 2.24) is 14.8 Å². The van der Waals surface area contributed by atoms with Gasteiger partial charge in [-0.1, -0.05) is 55.0 Å². The predicted octanol–water partition coefficient (Wildman–Crippen LogP) is 4.78. The number of hydrogen-bond acceptors (Lipinski definition) is 3. The third-order valence-electron chi connectivity index (χ3n) is 5.78. The zero-order chi connectivity index (χ0) is 19.2. The largest absolute Gasteiger partial charge is 0.315 e. The van der Waals surface area contributed by atoms with E-state index in [1.54, 1.807) is 0 Å². The monoisotopic (exact) mass is 367 g/mol. The molecule has 0 saturated heterocycles. The van der Waals surface area contributed by atoms with Gasteiger partial charge >= 0.3 is 0 Å². The molecule has 1 heterocycles. The van der Waals surface area contributed by atoms with E-state index in [-0.39, 0.29) is 5.78 Å². The summed E-state index contributed by atoms with van der Waals surface area (Å²) >= 11 is 0. The van der Waals surface area contributed by atoms with Crippen molar-refractivity contribution in [3.05, 3.63) is 46.5 Å². The van der Waals surface area contributed by atoms with Gasteiger partial charge in [-0.25, -0.2) is 0 Å². The molecule has 146 valence electrons. The van der Waals surface area contributed by atoms with Gasteiger partial charge in [0.1, 0.15) is 17.4 Å². The molecule has 0 amide bonds. The van der Waals surface area contributed by atoms with Crippen LogP contribution in [0.2, 0.25) is 0 Å². The van der Waals surface area contributed by atoms with Crippen LogP contribution in [0.15, 0.2) is 18.2 Å². The van der Waals surface area contributed by atoms with Crippen LogP contribution >= 0.6 is 0 Å². The molecule has 4 heteroatoms. The number of nitrogens with zero attached hydrogens (tertiary/aromatic N) is 3. The maximum atomic E-state index is 12.5. The molecule has 0 aliphatic heterocycles. The van der Waals surface area contributed by atoms with Gasteiger partial charge in [0.25, 0.3) is 0 Å². The van der Waals surface area contributed by atoms with Crippen molar-refractivity contribution in [2.24, 2.45) is 5.92 Å². The zero-order valence-corrected chi connectivity index (χ0v) is 17.1. The molecule has 1 saturated carbocycles. The first-order chi connectivity index (χ1) is 13.0. The molecule has 1 aliphatic rings. The summed E-state index contributed by atoms with van der Waals surface area (Å²) < 4.78 is 2.22. The average molecular weight is 368 g/mol. The second-order valence-corrected chi connectivity index (χ2v) is 8.18. The molecular weight excluding hydrogens is 334 g/mol. The molecule has 2 aromatic rings. The van der Waals surface area contributed by atoms with Crippen LogP contribution in [0.4, 0.5) is 0 Å². The number of benzene rings is 1. The summed E-state index contributed by atoms with van der Waals surface area (Å²) in [6, 6.07) is 6.37. The Balaban J connectivity index is 1.54. The molecule has 4 nitrogen and oxygen atoms in total. The molecule has 1 fully saturated rings. The van der Waals surface area contributed by atoms with E-state index in [0.29, 0.717) is 19.3 Å². The van der Waals surface area contributed by atoms with Gasteiger partial charge in [0, 0.05) is 32.2 Å². The molecule has 0 radical (unpaired) electrons. The fraction of sp³-hybridized carbons (Fsp3) is 0.609. The third-order valence-corrected chi connectivity index (χ3v) is 5.78. The summed E-state index contributed by atoms with van der Waals surface area (Å²) in [7, 11) is 0. The Morgan fingerprint density at radius 3 is 2.30 bits per heavy atom. The van der Waals surface area contributed by atoms with Crippen molar-refractivity contribution in [1.29, 1.82) is 0 Å². The molecule has 1 aliphatic carbocycles. The van der Waals surface area contributed by atoms with E-state index in [2.05, 4.69) is 53.7 Å². The highest BCUT2D eigenvalue weighted by atomic mass is 16.1. The minimum absolute atomic E-state index is 0.276. The van der Waals surface area contributed by atoms with Gasteiger partial charge in [0.2, 0.25) is 0 Å². The lowest BCUT2D eigenvalue weighted by molar-refractivity contribution is -0.118. The molecule has 0 spiro atoms. The van der Waals surface area contributed by atoms with Gasteiger partial charge < -0.3 is 4.57 Å². The molecule has 0 bridgehead atoms. The quantitative estimate of drug-likeness (QED) is 0.641. The van der Waals surface area contributed by atoms with E-state index in [4.69, 9.17) is 0 Å². The van der Waals surface area contributed by atoms with Gasteiger partial charge in [-0.3, -0.25) is 4.79 Å². The highest BCUT2D eigenvalue weighted by Crippen LogP contribution is 2.28. The Hall–Kier alpha value is -1.97. The fourth-order valence-corrected chi connectivity index (χ4v) is 4.48. The van der Waals surface area contributed by atoms with E-state index < -0.39 is 0 Å². The van der Waals surface area contributed by atoms with Crippen molar-refractivity contribution >= 4 is 5.78 Å². The van der Waals surface area contributed by atoms with Crippen molar-refractivity contribution in [3.8, 4) is 0 Å². The average Bonchev–Trinajstić information content (AvgIpc) is 3.26. The van der Waals surface area contributed by atoms with E-state index in [9.17, 15) is 4.79 Å². The molecule has 1 aromatic carbocycles. The highest BCUT2D eigenvalue weighted by Gasteiger charge is 2.18. The van der Waals surface area contributed by atoms with Crippen molar-refractivity contribution < 1.29 is 4.79 Å². The summed E-state index contributed by atoms with van der Waals surface area (Å²) in [6.07, 6.45) is 9.50. The zero-order valence-electron chi connectivity index (χ0n) is 17.1.